The van der Waals surface area contributed by atoms with Crippen LogP contribution >= 0.6 is 11.6 Å². The highest BCUT2D eigenvalue weighted by Gasteiger charge is 2.24. The fraction of sp³-hybridized carbons (Fsp3) is 0.412. The van der Waals surface area contributed by atoms with Crippen LogP contribution in [-0.4, -0.2) is 58.2 Å². The van der Waals surface area contributed by atoms with Gasteiger partial charge in [0.15, 0.2) is 0 Å². The van der Waals surface area contributed by atoms with Crippen LogP contribution < -0.4 is 0 Å². The maximum Gasteiger partial charge on any atom is 0.257 e. The summed E-state index contributed by atoms with van der Waals surface area (Å²) in [5, 5.41) is 5.06. The minimum Gasteiger partial charge on any atom is -0.336 e. The number of aromatic nitrogens is 2. The lowest BCUT2D eigenvalue weighted by Crippen LogP contribution is -2.48. The second-order valence-electron chi connectivity index (χ2n) is 5.76. The van der Waals surface area contributed by atoms with Crippen molar-refractivity contribution in [2.75, 3.05) is 32.7 Å². The number of hydrogen-bond acceptors (Lipinski definition) is 3. The average molecular weight is 333 g/mol. The molecular formula is C17H21ClN4O. The summed E-state index contributed by atoms with van der Waals surface area (Å²) in [5.74, 6) is 0.0680. The Balaban J connectivity index is 1.79. The van der Waals surface area contributed by atoms with Crippen LogP contribution in [0.5, 0.6) is 0 Å². The normalized spacial score (nSPS) is 15.9. The van der Waals surface area contributed by atoms with Crippen molar-refractivity contribution in [1.82, 2.24) is 19.6 Å². The fourth-order valence-corrected chi connectivity index (χ4v) is 3.03. The number of benzene rings is 1. The van der Waals surface area contributed by atoms with E-state index in [0.29, 0.717) is 10.6 Å². The van der Waals surface area contributed by atoms with Crippen molar-refractivity contribution in [3.63, 3.8) is 0 Å². The van der Waals surface area contributed by atoms with Crippen LogP contribution in [0, 0.1) is 6.92 Å². The summed E-state index contributed by atoms with van der Waals surface area (Å²) in [6, 6.07) is 7.44. The van der Waals surface area contributed by atoms with Gasteiger partial charge in [0.1, 0.15) is 0 Å². The van der Waals surface area contributed by atoms with Gasteiger partial charge >= 0.3 is 0 Å². The predicted octanol–water partition coefficient (Wildman–Crippen LogP) is 2.61. The monoisotopic (exact) mass is 332 g/mol. The first-order chi connectivity index (χ1) is 11.1. The molecule has 1 saturated heterocycles. The molecule has 5 nitrogen and oxygen atoms in total. The predicted molar refractivity (Wildman–Crippen MR) is 91.3 cm³/mol. The Morgan fingerprint density at radius 1 is 1.17 bits per heavy atom. The highest BCUT2D eigenvalue weighted by Crippen LogP contribution is 2.18. The number of halogens is 1. The Morgan fingerprint density at radius 2 is 1.83 bits per heavy atom. The van der Waals surface area contributed by atoms with E-state index in [9.17, 15) is 4.79 Å². The number of carbonyl (C=O) groups excluding carboxylic acids is 1. The summed E-state index contributed by atoms with van der Waals surface area (Å²) in [6.45, 7) is 8.54. The Morgan fingerprint density at radius 3 is 2.43 bits per heavy atom. The summed E-state index contributed by atoms with van der Waals surface area (Å²) in [7, 11) is 0. The van der Waals surface area contributed by atoms with E-state index >= 15 is 0 Å². The Bertz CT molecular complexity index is 687. The van der Waals surface area contributed by atoms with E-state index < -0.39 is 0 Å². The maximum absolute atomic E-state index is 12.7. The van der Waals surface area contributed by atoms with Gasteiger partial charge in [-0.15, -0.1) is 0 Å². The minimum atomic E-state index is 0.0680. The van der Waals surface area contributed by atoms with Gasteiger partial charge in [0.25, 0.3) is 5.91 Å². The number of hydrogen-bond donors (Lipinski definition) is 0. The average Bonchev–Trinajstić information content (AvgIpc) is 2.96. The molecule has 2 heterocycles. The topological polar surface area (TPSA) is 41.4 Å². The van der Waals surface area contributed by atoms with Crippen LogP contribution in [-0.2, 0) is 0 Å². The van der Waals surface area contributed by atoms with E-state index in [-0.39, 0.29) is 5.91 Å². The molecule has 0 unspecified atom stereocenters. The molecule has 1 aliphatic heterocycles. The molecular weight excluding hydrogens is 312 g/mol. The molecule has 1 aromatic carbocycles. The summed E-state index contributed by atoms with van der Waals surface area (Å²) >= 11 is 5.93. The second-order valence-corrected chi connectivity index (χ2v) is 6.19. The number of amides is 1. The minimum absolute atomic E-state index is 0.0680. The number of nitrogens with zero attached hydrogens (tertiary/aromatic N) is 4. The van der Waals surface area contributed by atoms with Gasteiger partial charge < -0.3 is 9.80 Å². The van der Waals surface area contributed by atoms with E-state index in [1.54, 1.807) is 10.9 Å². The number of carbonyl (C=O) groups is 1. The molecule has 1 amide bonds. The molecule has 0 saturated carbocycles. The number of rotatable bonds is 3. The lowest BCUT2D eigenvalue weighted by atomic mass is 10.2. The van der Waals surface area contributed by atoms with Gasteiger partial charge in [0.2, 0.25) is 0 Å². The van der Waals surface area contributed by atoms with Crippen molar-refractivity contribution in [3.8, 4) is 5.69 Å². The van der Waals surface area contributed by atoms with Gasteiger partial charge in [-0.25, -0.2) is 4.68 Å². The molecule has 0 N–H and O–H groups in total. The van der Waals surface area contributed by atoms with Crippen LogP contribution in [0.2, 0.25) is 5.02 Å². The van der Waals surface area contributed by atoms with E-state index in [2.05, 4.69) is 16.9 Å². The van der Waals surface area contributed by atoms with Crippen molar-refractivity contribution in [2.45, 2.75) is 13.8 Å². The second kappa shape index (κ2) is 6.72. The SMILES string of the molecule is CCN1CCN(C(=O)c2cnn(-c3ccc(Cl)cc3)c2C)CC1. The first kappa shape index (κ1) is 16.0. The molecule has 3 rings (SSSR count). The van der Waals surface area contributed by atoms with E-state index in [4.69, 9.17) is 11.6 Å². The van der Waals surface area contributed by atoms with Gasteiger partial charge in [0.05, 0.1) is 23.1 Å². The molecule has 0 radical (unpaired) electrons. The summed E-state index contributed by atoms with van der Waals surface area (Å²) in [4.78, 5) is 17.0. The molecule has 122 valence electrons. The summed E-state index contributed by atoms with van der Waals surface area (Å²) in [6.07, 6.45) is 1.67. The van der Waals surface area contributed by atoms with Crippen molar-refractivity contribution in [2.24, 2.45) is 0 Å². The number of likely N-dealkylation sites (N-methyl/N-ethyl adjacent to an activating group) is 1. The van der Waals surface area contributed by atoms with Crippen molar-refractivity contribution >= 4 is 17.5 Å². The zero-order valence-electron chi connectivity index (χ0n) is 13.5. The lowest BCUT2D eigenvalue weighted by molar-refractivity contribution is 0.0642. The Hall–Kier alpha value is -1.85. The van der Waals surface area contributed by atoms with Crippen LogP contribution in [0.1, 0.15) is 23.0 Å². The van der Waals surface area contributed by atoms with Crippen molar-refractivity contribution < 1.29 is 4.79 Å². The van der Waals surface area contributed by atoms with Gasteiger partial charge in [-0.1, -0.05) is 18.5 Å². The fourth-order valence-electron chi connectivity index (χ4n) is 2.90. The van der Waals surface area contributed by atoms with E-state index in [1.807, 2.05) is 36.1 Å². The number of piperazine rings is 1. The molecule has 2 aromatic rings. The first-order valence-electron chi connectivity index (χ1n) is 7.92. The summed E-state index contributed by atoms with van der Waals surface area (Å²) < 4.78 is 1.78. The van der Waals surface area contributed by atoms with E-state index in [1.165, 1.54) is 0 Å². The Kier molecular flexibility index (Phi) is 4.68. The third-order valence-electron chi connectivity index (χ3n) is 4.42. The van der Waals surface area contributed by atoms with Crippen molar-refractivity contribution in [3.05, 3.63) is 46.7 Å². The highest BCUT2D eigenvalue weighted by atomic mass is 35.5. The van der Waals surface area contributed by atoms with Gasteiger partial charge in [-0.3, -0.25) is 4.79 Å². The zero-order chi connectivity index (χ0) is 16.4. The molecule has 1 aromatic heterocycles. The summed E-state index contributed by atoms with van der Waals surface area (Å²) in [5.41, 5.74) is 2.43. The zero-order valence-corrected chi connectivity index (χ0v) is 14.3. The van der Waals surface area contributed by atoms with Crippen molar-refractivity contribution in [1.29, 1.82) is 0 Å². The third kappa shape index (κ3) is 3.26. The van der Waals surface area contributed by atoms with Gasteiger partial charge in [0, 0.05) is 31.2 Å². The van der Waals surface area contributed by atoms with Gasteiger partial charge in [-0.2, -0.15) is 5.10 Å². The standard InChI is InChI=1S/C17H21ClN4O/c1-3-20-8-10-21(11-9-20)17(23)16-12-19-22(13(16)2)15-6-4-14(18)5-7-15/h4-7,12H,3,8-11H2,1-2H3. The molecule has 0 atom stereocenters. The molecule has 0 bridgehead atoms. The quantitative estimate of drug-likeness (QED) is 0.867. The molecule has 1 aliphatic rings. The van der Waals surface area contributed by atoms with Crippen LogP contribution in [0.15, 0.2) is 30.5 Å². The van der Waals surface area contributed by atoms with Crippen LogP contribution in [0.25, 0.3) is 5.69 Å². The smallest absolute Gasteiger partial charge is 0.257 e. The van der Waals surface area contributed by atoms with Crippen LogP contribution in [0.3, 0.4) is 0 Å². The first-order valence-corrected chi connectivity index (χ1v) is 8.30. The van der Waals surface area contributed by atoms with Gasteiger partial charge in [-0.05, 0) is 37.7 Å². The van der Waals surface area contributed by atoms with Crippen LogP contribution in [0.4, 0.5) is 0 Å². The van der Waals surface area contributed by atoms with E-state index in [0.717, 1.165) is 44.1 Å². The third-order valence-corrected chi connectivity index (χ3v) is 4.67. The molecule has 6 heteroatoms. The molecule has 0 aliphatic carbocycles. The highest BCUT2D eigenvalue weighted by molar-refractivity contribution is 6.30. The molecule has 23 heavy (non-hydrogen) atoms. The Labute approximate surface area is 141 Å². The molecule has 1 fully saturated rings. The molecule has 0 spiro atoms. The lowest BCUT2D eigenvalue weighted by Gasteiger charge is -2.34. The largest absolute Gasteiger partial charge is 0.336 e. The maximum atomic E-state index is 12.7.